The second-order valence-electron chi connectivity index (χ2n) is 4.16. The zero-order chi connectivity index (χ0) is 11.5. The van der Waals surface area contributed by atoms with Crippen LogP contribution in [0.15, 0.2) is 25.3 Å². The molecule has 0 aromatic rings. The molecule has 0 unspecified atom stereocenters. The Bertz CT molecular complexity index is 257. The molecule has 1 aliphatic rings. The predicted molar refractivity (Wildman–Crippen MR) is 60.2 cm³/mol. The van der Waals surface area contributed by atoms with E-state index < -0.39 is 5.60 Å². The van der Waals surface area contributed by atoms with Gasteiger partial charge in [0.25, 0.3) is 0 Å². The van der Waals surface area contributed by atoms with Crippen LogP contribution in [0.5, 0.6) is 0 Å². The summed E-state index contributed by atoms with van der Waals surface area (Å²) in [5.41, 5.74) is -0.908. The minimum Gasteiger partial charge on any atom is -0.387 e. The summed E-state index contributed by atoms with van der Waals surface area (Å²) >= 11 is 0. The zero-order valence-electron chi connectivity index (χ0n) is 9.20. The van der Waals surface area contributed by atoms with Crippen LogP contribution < -0.4 is 5.32 Å². The van der Waals surface area contributed by atoms with Gasteiger partial charge in [-0.25, -0.2) is 0 Å². The molecule has 3 nitrogen and oxygen atoms in total. The number of carbonyl (C=O) groups excluding carboxylic acids is 1. The molecule has 0 aromatic heterocycles. The second kappa shape index (κ2) is 4.62. The van der Waals surface area contributed by atoms with Crippen LogP contribution in [0.4, 0.5) is 0 Å². The van der Waals surface area contributed by atoms with Crippen molar-refractivity contribution in [3.8, 4) is 0 Å². The van der Waals surface area contributed by atoms with Gasteiger partial charge in [0.2, 0.25) is 5.91 Å². The molecule has 1 saturated carbocycles. The normalized spacial score (nSPS) is 28.4. The number of carbonyl (C=O) groups is 1. The number of amides is 1. The topological polar surface area (TPSA) is 49.3 Å². The van der Waals surface area contributed by atoms with E-state index in [0.717, 1.165) is 12.8 Å². The van der Waals surface area contributed by atoms with Crippen molar-refractivity contribution in [3.63, 3.8) is 0 Å². The largest absolute Gasteiger partial charge is 0.387 e. The van der Waals surface area contributed by atoms with Gasteiger partial charge in [-0.15, -0.1) is 13.2 Å². The monoisotopic (exact) mass is 209 g/mol. The minimum atomic E-state index is -0.908. The Morgan fingerprint density at radius 2 is 1.93 bits per heavy atom. The molecule has 0 bridgehead atoms. The number of aliphatic hydroxyl groups is 1. The minimum absolute atomic E-state index is 0.0346. The Morgan fingerprint density at radius 1 is 1.47 bits per heavy atom. The van der Waals surface area contributed by atoms with E-state index in [4.69, 9.17) is 0 Å². The highest BCUT2D eigenvalue weighted by atomic mass is 16.3. The Kier molecular flexibility index (Phi) is 3.69. The average molecular weight is 209 g/mol. The number of rotatable bonds is 4. The van der Waals surface area contributed by atoms with E-state index in [1.54, 1.807) is 12.2 Å². The summed E-state index contributed by atoms with van der Waals surface area (Å²) in [5, 5.41) is 13.2. The van der Waals surface area contributed by atoms with Crippen LogP contribution >= 0.6 is 0 Å². The molecule has 1 rings (SSSR count). The highest BCUT2D eigenvalue weighted by molar-refractivity contribution is 5.72. The van der Waals surface area contributed by atoms with Crippen molar-refractivity contribution in [2.24, 2.45) is 11.8 Å². The standard InChI is InChI=1S/C12H19NO2/c1-4-10-6-7-11(5-2)12(10,15)8-13-9(3)14/h4-5,10-11,15H,1-2,6-8H2,3H3,(H,13,14)/t10-,11-/m0/s1. The van der Waals surface area contributed by atoms with Gasteiger partial charge < -0.3 is 10.4 Å². The molecule has 2 N–H and O–H groups in total. The maximum absolute atomic E-state index is 10.9. The first kappa shape index (κ1) is 12.0. The summed E-state index contributed by atoms with van der Waals surface area (Å²) in [6.45, 7) is 9.18. The lowest BCUT2D eigenvalue weighted by Gasteiger charge is -2.32. The zero-order valence-corrected chi connectivity index (χ0v) is 9.20. The van der Waals surface area contributed by atoms with Gasteiger partial charge in [0.05, 0.1) is 5.60 Å². The number of hydrogen-bond donors (Lipinski definition) is 2. The SMILES string of the molecule is C=C[C@H]1CC[C@H](C=C)C1(O)CNC(C)=O. The molecule has 1 amide bonds. The summed E-state index contributed by atoms with van der Waals surface area (Å²) in [5.74, 6) is -0.0550. The molecule has 0 saturated heterocycles. The predicted octanol–water partition coefficient (Wildman–Crippen LogP) is 1.25. The van der Waals surface area contributed by atoms with E-state index in [0.29, 0.717) is 0 Å². The molecule has 0 spiro atoms. The molecular weight excluding hydrogens is 190 g/mol. The lowest BCUT2D eigenvalue weighted by Crippen LogP contribution is -2.48. The van der Waals surface area contributed by atoms with Crippen LogP contribution in [-0.4, -0.2) is 23.2 Å². The lowest BCUT2D eigenvalue weighted by molar-refractivity contribution is -0.120. The van der Waals surface area contributed by atoms with Gasteiger partial charge in [-0.05, 0) is 12.8 Å². The van der Waals surface area contributed by atoms with Crippen LogP contribution in [0.25, 0.3) is 0 Å². The fraction of sp³-hybridized carbons (Fsp3) is 0.583. The van der Waals surface area contributed by atoms with Crippen molar-refractivity contribution in [2.45, 2.75) is 25.4 Å². The van der Waals surface area contributed by atoms with Crippen LogP contribution in [-0.2, 0) is 4.79 Å². The third-order valence-electron chi connectivity index (χ3n) is 3.26. The van der Waals surface area contributed by atoms with E-state index in [2.05, 4.69) is 18.5 Å². The highest BCUT2D eigenvalue weighted by Crippen LogP contribution is 2.41. The molecule has 1 aliphatic carbocycles. The Hall–Kier alpha value is -1.09. The van der Waals surface area contributed by atoms with E-state index in [1.165, 1.54) is 6.92 Å². The van der Waals surface area contributed by atoms with Crippen LogP contribution in [0, 0.1) is 11.8 Å². The molecule has 0 aromatic carbocycles. The Balaban J connectivity index is 2.77. The molecular formula is C12H19NO2. The maximum atomic E-state index is 10.9. The third-order valence-corrected chi connectivity index (χ3v) is 3.26. The third kappa shape index (κ3) is 2.29. The lowest BCUT2D eigenvalue weighted by atomic mass is 9.84. The van der Waals surface area contributed by atoms with E-state index in [1.807, 2.05) is 0 Å². The van der Waals surface area contributed by atoms with E-state index in [-0.39, 0.29) is 24.3 Å². The van der Waals surface area contributed by atoms with Gasteiger partial charge in [-0.3, -0.25) is 4.79 Å². The van der Waals surface area contributed by atoms with Gasteiger partial charge in [0, 0.05) is 25.3 Å². The second-order valence-corrected chi connectivity index (χ2v) is 4.16. The molecule has 84 valence electrons. The summed E-state index contributed by atoms with van der Waals surface area (Å²) in [4.78, 5) is 10.9. The first-order chi connectivity index (χ1) is 7.04. The molecule has 15 heavy (non-hydrogen) atoms. The van der Waals surface area contributed by atoms with E-state index >= 15 is 0 Å². The summed E-state index contributed by atoms with van der Waals surface area (Å²) in [7, 11) is 0. The molecule has 1 fully saturated rings. The molecule has 0 radical (unpaired) electrons. The van der Waals surface area contributed by atoms with Crippen LogP contribution in [0.1, 0.15) is 19.8 Å². The Morgan fingerprint density at radius 3 is 2.27 bits per heavy atom. The van der Waals surface area contributed by atoms with E-state index in [9.17, 15) is 9.90 Å². The van der Waals surface area contributed by atoms with Crippen molar-refractivity contribution < 1.29 is 9.90 Å². The maximum Gasteiger partial charge on any atom is 0.216 e. The average Bonchev–Trinajstić information content (AvgIpc) is 2.52. The number of nitrogens with one attached hydrogen (secondary N) is 1. The van der Waals surface area contributed by atoms with Gasteiger partial charge >= 0.3 is 0 Å². The summed E-state index contributed by atoms with van der Waals surface area (Å²) in [6, 6.07) is 0. The molecule has 0 heterocycles. The first-order valence-electron chi connectivity index (χ1n) is 5.26. The van der Waals surface area contributed by atoms with Crippen LogP contribution in [0.2, 0.25) is 0 Å². The van der Waals surface area contributed by atoms with Gasteiger partial charge in [0.1, 0.15) is 0 Å². The molecule has 2 atom stereocenters. The fourth-order valence-corrected chi connectivity index (χ4v) is 2.31. The van der Waals surface area contributed by atoms with Crippen molar-refractivity contribution in [1.29, 1.82) is 0 Å². The van der Waals surface area contributed by atoms with Crippen molar-refractivity contribution in [3.05, 3.63) is 25.3 Å². The first-order valence-corrected chi connectivity index (χ1v) is 5.26. The summed E-state index contributed by atoms with van der Waals surface area (Å²) < 4.78 is 0. The summed E-state index contributed by atoms with van der Waals surface area (Å²) in [6.07, 6.45) is 5.34. The number of hydrogen-bond acceptors (Lipinski definition) is 2. The molecule has 0 aliphatic heterocycles. The highest BCUT2D eigenvalue weighted by Gasteiger charge is 2.46. The van der Waals surface area contributed by atoms with Crippen LogP contribution in [0.3, 0.4) is 0 Å². The van der Waals surface area contributed by atoms with Crippen molar-refractivity contribution in [1.82, 2.24) is 5.32 Å². The van der Waals surface area contributed by atoms with Gasteiger partial charge in [-0.1, -0.05) is 12.2 Å². The van der Waals surface area contributed by atoms with Crippen molar-refractivity contribution >= 4 is 5.91 Å². The fourth-order valence-electron chi connectivity index (χ4n) is 2.31. The quantitative estimate of drug-likeness (QED) is 0.685. The van der Waals surface area contributed by atoms with Crippen molar-refractivity contribution in [2.75, 3.05) is 6.54 Å². The smallest absolute Gasteiger partial charge is 0.216 e. The van der Waals surface area contributed by atoms with Gasteiger partial charge in [0.15, 0.2) is 0 Å². The Labute approximate surface area is 90.9 Å². The molecule has 3 heteroatoms. The van der Waals surface area contributed by atoms with Gasteiger partial charge in [-0.2, -0.15) is 0 Å².